The Labute approximate surface area is 124 Å². The van der Waals surface area contributed by atoms with Gasteiger partial charge in [-0.05, 0) is 38.5 Å². The maximum atomic E-state index is 4.29. The van der Waals surface area contributed by atoms with Crippen molar-refractivity contribution in [2.75, 3.05) is 23.4 Å². The van der Waals surface area contributed by atoms with E-state index in [-0.39, 0.29) is 0 Å². The lowest BCUT2D eigenvalue weighted by atomic mass is 10.2. The summed E-state index contributed by atoms with van der Waals surface area (Å²) in [5.41, 5.74) is 6.27. The van der Waals surface area contributed by atoms with Gasteiger partial charge >= 0.3 is 0 Å². The summed E-state index contributed by atoms with van der Waals surface area (Å²) in [4.78, 5) is 6.61. The molecule has 0 bridgehead atoms. The van der Waals surface area contributed by atoms with E-state index in [1.165, 1.54) is 5.69 Å². The summed E-state index contributed by atoms with van der Waals surface area (Å²) in [7, 11) is 0. The summed E-state index contributed by atoms with van der Waals surface area (Å²) in [5.74, 6) is 0. The number of benzene rings is 1. The number of aryl methyl sites for hydroxylation is 1. The Morgan fingerprint density at radius 1 is 1.25 bits per heavy atom. The zero-order chi connectivity index (χ0) is 14.4. The summed E-state index contributed by atoms with van der Waals surface area (Å²) in [5, 5.41) is 7.01. The Bertz CT molecular complexity index is 556. The zero-order valence-electron chi connectivity index (χ0n) is 12.1. The molecule has 20 heavy (non-hydrogen) atoms. The minimum Gasteiger partial charge on any atom is -0.372 e. The van der Waals surface area contributed by atoms with Gasteiger partial charge in [0.15, 0.2) is 0 Å². The van der Waals surface area contributed by atoms with E-state index in [0.717, 1.165) is 29.5 Å². The smallest absolute Gasteiger partial charge is 0.203 e. The van der Waals surface area contributed by atoms with Crippen LogP contribution in [0.1, 0.15) is 25.1 Å². The fourth-order valence-corrected chi connectivity index (χ4v) is 2.56. The predicted molar refractivity (Wildman–Crippen MR) is 88.1 cm³/mol. The molecule has 2 rings (SSSR count). The molecule has 0 aliphatic rings. The quantitative estimate of drug-likeness (QED) is 0.650. The Balaban J connectivity index is 1.96. The number of aromatic nitrogens is 1. The van der Waals surface area contributed by atoms with Crippen molar-refractivity contribution >= 4 is 28.4 Å². The van der Waals surface area contributed by atoms with Crippen LogP contribution in [0.4, 0.5) is 10.8 Å². The van der Waals surface area contributed by atoms with Crippen molar-refractivity contribution in [1.82, 2.24) is 4.98 Å². The van der Waals surface area contributed by atoms with Crippen molar-refractivity contribution in [1.29, 1.82) is 0 Å². The van der Waals surface area contributed by atoms with E-state index in [2.05, 4.69) is 58.5 Å². The van der Waals surface area contributed by atoms with Gasteiger partial charge in [0.2, 0.25) is 5.13 Å². The summed E-state index contributed by atoms with van der Waals surface area (Å²) < 4.78 is 0. The van der Waals surface area contributed by atoms with Crippen molar-refractivity contribution in [3.8, 4) is 0 Å². The third kappa shape index (κ3) is 3.81. The molecule has 106 valence electrons. The van der Waals surface area contributed by atoms with Gasteiger partial charge in [-0.3, -0.25) is 5.43 Å². The maximum absolute atomic E-state index is 4.29. The van der Waals surface area contributed by atoms with Crippen molar-refractivity contribution in [3.63, 3.8) is 0 Å². The van der Waals surface area contributed by atoms with Gasteiger partial charge in [-0.25, -0.2) is 4.98 Å². The maximum Gasteiger partial charge on any atom is 0.203 e. The first-order chi connectivity index (χ1) is 9.72. The summed E-state index contributed by atoms with van der Waals surface area (Å²) >= 11 is 1.55. The number of hydrogen-bond acceptors (Lipinski definition) is 5. The molecule has 0 fully saturated rings. The highest BCUT2D eigenvalue weighted by Gasteiger charge is 2.00. The number of hydrazone groups is 1. The zero-order valence-corrected chi connectivity index (χ0v) is 12.9. The van der Waals surface area contributed by atoms with Crippen molar-refractivity contribution < 1.29 is 0 Å². The van der Waals surface area contributed by atoms with Crippen LogP contribution >= 0.6 is 11.3 Å². The molecule has 1 N–H and O–H groups in total. The second kappa shape index (κ2) is 7.05. The Hall–Kier alpha value is -1.88. The van der Waals surface area contributed by atoms with Crippen LogP contribution in [0.2, 0.25) is 0 Å². The summed E-state index contributed by atoms with van der Waals surface area (Å²) in [6.45, 7) is 8.35. The summed E-state index contributed by atoms with van der Waals surface area (Å²) in [6, 6.07) is 8.40. The Morgan fingerprint density at radius 3 is 2.50 bits per heavy atom. The number of thiazole rings is 1. The molecule has 0 radical (unpaired) electrons. The van der Waals surface area contributed by atoms with Gasteiger partial charge in [0.05, 0.1) is 11.9 Å². The van der Waals surface area contributed by atoms with E-state index in [0.29, 0.717) is 0 Å². The molecule has 0 saturated carbocycles. The van der Waals surface area contributed by atoms with Gasteiger partial charge < -0.3 is 4.90 Å². The molecule has 0 amide bonds. The number of anilines is 2. The topological polar surface area (TPSA) is 40.5 Å². The van der Waals surface area contributed by atoms with Gasteiger partial charge in [-0.2, -0.15) is 5.10 Å². The van der Waals surface area contributed by atoms with E-state index in [4.69, 9.17) is 0 Å². The lowest BCUT2D eigenvalue weighted by Gasteiger charge is -2.20. The third-order valence-corrected chi connectivity index (χ3v) is 3.88. The van der Waals surface area contributed by atoms with Crippen LogP contribution in [-0.4, -0.2) is 24.3 Å². The van der Waals surface area contributed by atoms with Crippen molar-refractivity contribution in [2.45, 2.75) is 20.8 Å². The molecule has 2 aromatic rings. The first kappa shape index (κ1) is 14.5. The van der Waals surface area contributed by atoms with E-state index < -0.39 is 0 Å². The first-order valence-electron chi connectivity index (χ1n) is 6.79. The van der Waals surface area contributed by atoms with Crippen LogP contribution in [0, 0.1) is 6.92 Å². The monoisotopic (exact) mass is 288 g/mol. The van der Waals surface area contributed by atoms with E-state index in [1.54, 1.807) is 11.3 Å². The molecule has 1 aromatic carbocycles. The Morgan fingerprint density at radius 2 is 1.95 bits per heavy atom. The molecule has 0 atom stereocenters. The highest BCUT2D eigenvalue weighted by molar-refractivity contribution is 7.13. The summed E-state index contributed by atoms with van der Waals surface area (Å²) in [6.07, 6.45) is 1.81. The van der Waals surface area contributed by atoms with Gasteiger partial charge in [-0.1, -0.05) is 12.1 Å². The van der Waals surface area contributed by atoms with Crippen LogP contribution in [0.25, 0.3) is 0 Å². The molecule has 4 nitrogen and oxygen atoms in total. The molecular weight excluding hydrogens is 268 g/mol. The van der Waals surface area contributed by atoms with Gasteiger partial charge in [-0.15, -0.1) is 11.3 Å². The molecule has 5 heteroatoms. The van der Waals surface area contributed by atoms with Gasteiger partial charge in [0.25, 0.3) is 0 Å². The molecule has 0 unspecified atom stereocenters. The average molecular weight is 288 g/mol. The Kier molecular flexibility index (Phi) is 5.12. The highest BCUT2D eigenvalue weighted by Crippen LogP contribution is 2.15. The number of nitrogens with zero attached hydrogens (tertiary/aromatic N) is 3. The first-order valence-corrected chi connectivity index (χ1v) is 7.67. The third-order valence-electron chi connectivity index (χ3n) is 3.01. The van der Waals surface area contributed by atoms with E-state index in [1.807, 2.05) is 18.5 Å². The van der Waals surface area contributed by atoms with Crippen molar-refractivity contribution in [2.24, 2.45) is 5.10 Å². The van der Waals surface area contributed by atoms with Crippen LogP contribution in [0.3, 0.4) is 0 Å². The molecule has 0 spiro atoms. The minimum absolute atomic E-state index is 0.818. The standard InChI is InChI=1S/C15H20N4S/c1-4-19(5-2)14-8-6-13(7-9-14)10-16-18-15-17-12(3)11-20-15/h6-11H,4-5H2,1-3H3,(H,17,18). The van der Waals surface area contributed by atoms with Gasteiger partial charge in [0, 0.05) is 24.2 Å². The molecule has 1 heterocycles. The average Bonchev–Trinajstić information content (AvgIpc) is 2.87. The minimum atomic E-state index is 0.818. The predicted octanol–water partition coefficient (Wildman–Crippen LogP) is 3.74. The lowest BCUT2D eigenvalue weighted by molar-refractivity contribution is 0.866. The second-order valence-electron chi connectivity index (χ2n) is 4.43. The van der Waals surface area contributed by atoms with Crippen LogP contribution in [-0.2, 0) is 0 Å². The van der Waals surface area contributed by atoms with E-state index >= 15 is 0 Å². The largest absolute Gasteiger partial charge is 0.372 e. The second-order valence-corrected chi connectivity index (χ2v) is 5.29. The van der Waals surface area contributed by atoms with Crippen LogP contribution < -0.4 is 10.3 Å². The molecule has 0 aliphatic heterocycles. The molecular formula is C15H20N4S. The lowest BCUT2D eigenvalue weighted by Crippen LogP contribution is -2.21. The SMILES string of the molecule is CCN(CC)c1ccc(C=NNc2nc(C)cs2)cc1. The van der Waals surface area contributed by atoms with Gasteiger partial charge in [0.1, 0.15) is 0 Å². The molecule has 0 aliphatic carbocycles. The van der Waals surface area contributed by atoms with E-state index in [9.17, 15) is 0 Å². The normalized spacial score (nSPS) is 10.9. The van der Waals surface area contributed by atoms with Crippen LogP contribution in [0.5, 0.6) is 0 Å². The fraction of sp³-hybridized carbons (Fsp3) is 0.333. The molecule has 0 saturated heterocycles. The van der Waals surface area contributed by atoms with Crippen molar-refractivity contribution in [3.05, 3.63) is 40.9 Å². The number of nitrogens with one attached hydrogen (secondary N) is 1. The van der Waals surface area contributed by atoms with Crippen LogP contribution in [0.15, 0.2) is 34.7 Å². The molecule has 1 aromatic heterocycles. The highest BCUT2D eigenvalue weighted by atomic mass is 32.1. The number of hydrogen-bond donors (Lipinski definition) is 1. The number of rotatable bonds is 6. The fourth-order valence-electron chi connectivity index (χ4n) is 1.93.